The number of hydrogen-bond acceptors (Lipinski definition) is 4. The van der Waals surface area contributed by atoms with Crippen molar-refractivity contribution in [3.8, 4) is 0 Å². The standard InChI is InChI=1S/C12H21N3O4/c1-10(16)13-4-3-11(17)15-6-2-5-14(7-8-15)9-12(18)19/h2-9H2,1H3,(H,13,16)(H,18,19). The zero-order valence-electron chi connectivity index (χ0n) is 11.2. The van der Waals surface area contributed by atoms with E-state index >= 15 is 0 Å². The lowest BCUT2D eigenvalue weighted by atomic mass is 10.3. The Kier molecular flexibility index (Phi) is 6.27. The first kappa shape index (κ1) is 15.4. The van der Waals surface area contributed by atoms with Gasteiger partial charge in [-0.3, -0.25) is 19.3 Å². The number of carbonyl (C=O) groups excluding carboxylic acids is 2. The van der Waals surface area contributed by atoms with E-state index in [9.17, 15) is 14.4 Å². The summed E-state index contributed by atoms with van der Waals surface area (Å²) in [5.41, 5.74) is 0. The van der Waals surface area contributed by atoms with Crippen LogP contribution in [0.4, 0.5) is 0 Å². The minimum absolute atomic E-state index is 0.00549. The first-order chi connectivity index (χ1) is 8.99. The normalized spacial score (nSPS) is 16.8. The molecule has 0 spiro atoms. The maximum atomic E-state index is 11.9. The third-order valence-electron chi connectivity index (χ3n) is 3.01. The molecule has 1 aliphatic rings. The van der Waals surface area contributed by atoms with Crippen LogP contribution < -0.4 is 5.32 Å². The maximum Gasteiger partial charge on any atom is 0.317 e. The Bertz CT molecular complexity index is 346. The highest BCUT2D eigenvalue weighted by molar-refractivity contribution is 5.78. The highest BCUT2D eigenvalue weighted by Gasteiger charge is 2.19. The highest BCUT2D eigenvalue weighted by atomic mass is 16.4. The van der Waals surface area contributed by atoms with Crippen LogP contribution in [-0.4, -0.2) is 72.0 Å². The lowest BCUT2D eigenvalue weighted by Crippen LogP contribution is -2.38. The number of hydrogen-bond donors (Lipinski definition) is 2. The average Bonchev–Trinajstić information content (AvgIpc) is 2.53. The summed E-state index contributed by atoms with van der Waals surface area (Å²) in [6.45, 7) is 4.26. The second-order valence-electron chi connectivity index (χ2n) is 4.64. The fourth-order valence-corrected chi connectivity index (χ4v) is 2.07. The van der Waals surface area contributed by atoms with Crippen molar-refractivity contribution in [3.05, 3.63) is 0 Å². The molecule has 1 fully saturated rings. The SMILES string of the molecule is CC(=O)NCCC(=O)N1CCCN(CC(=O)O)CC1. The molecule has 1 saturated heterocycles. The van der Waals surface area contributed by atoms with E-state index in [1.165, 1.54) is 6.92 Å². The van der Waals surface area contributed by atoms with E-state index in [4.69, 9.17) is 5.11 Å². The predicted octanol–water partition coefficient (Wildman–Crippen LogP) is -0.868. The van der Waals surface area contributed by atoms with Gasteiger partial charge in [0, 0.05) is 46.1 Å². The Morgan fingerprint density at radius 2 is 1.89 bits per heavy atom. The zero-order chi connectivity index (χ0) is 14.3. The Morgan fingerprint density at radius 1 is 1.16 bits per heavy atom. The van der Waals surface area contributed by atoms with Gasteiger partial charge in [-0.05, 0) is 6.42 Å². The number of rotatable bonds is 5. The number of carbonyl (C=O) groups is 3. The summed E-state index contributed by atoms with van der Waals surface area (Å²) >= 11 is 0. The van der Waals surface area contributed by atoms with Gasteiger partial charge in [-0.25, -0.2) is 0 Å². The molecule has 0 aromatic heterocycles. The predicted molar refractivity (Wildman–Crippen MR) is 68.6 cm³/mol. The van der Waals surface area contributed by atoms with Gasteiger partial charge in [-0.15, -0.1) is 0 Å². The topological polar surface area (TPSA) is 90.0 Å². The molecule has 0 unspecified atom stereocenters. The number of carboxylic acids is 1. The van der Waals surface area contributed by atoms with Crippen molar-refractivity contribution >= 4 is 17.8 Å². The van der Waals surface area contributed by atoms with Gasteiger partial charge in [-0.1, -0.05) is 0 Å². The molecule has 0 aromatic rings. The lowest BCUT2D eigenvalue weighted by molar-refractivity contribution is -0.138. The smallest absolute Gasteiger partial charge is 0.317 e. The Balaban J connectivity index is 2.33. The quantitative estimate of drug-likeness (QED) is 0.678. The van der Waals surface area contributed by atoms with Crippen molar-refractivity contribution < 1.29 is 19.5 Å². The Morgan fingerprint density at radius 3 is 2.53 bits per heavy atom. The summed E-state index contributed by atoms with van der Waals surface area (Å²) in [6, 6.07) is 0. The van der Waals surface area contributed by atoms with Gasteiger partial charge in [0.2, 0.25) is 11.8 Å². The van der Waals surface area contributed by atoms with Crippen molar-refractivity contribution in [3.63, 3.8) is 0 Å². The number of nitrogens with zero attached hydrogens (tertiary/aromatic N) is 2. The van der Waals surface area contributed by atoms with E-state index in [-0.39, 0.29) is 18.4 Å². The van der Waals surface area contributed by atoms with Crippen LogP contribution in [0.25, 0.3) is 0 Å². The van der Waals surface area contributed by atoms with Crippen molar-refractivity contribution in [2.75, 3.05) is 39.3 Å². The lowest BCUT2D eigenvalue weighted by Gasteiger charge is -2.21. The molecule has 19 heavy (non-hydrogen) atoms. The molecule has 7 heteroatoms. The van der Waals surface area contributed by atoms with Gasteiger partial charge in [0.05, 0.1) is 6.54 Å². The molecule has 7 nitrogen and oxygen atoms in total. The molecular weight excluding hydrogens is 250 g/mol. The molecule has 0 radical (unpaired) electrons. The van der Waals surface area contributed by atoms with E-state index in [0.717, 1.165) is 6.42 Å². The molecular formula is C12H21N3O4. The van der Waals surface area contributed by atoms with Crippen molar-refractivity contribution in [1.82, 2.24) is 15.1 Å². The van der Waals surface area contributed by atoms with Crippen LogP contribution in [0.5, 0.6) is 0 Å². The Labute approximate surface area is 112 Å². The number of aliphatic carboxylic acids is 1. The van der Waals surface area contributed by atoms with Gasteiger partial charge in [-0.2, -0.15) is 0 Å². The van der Waals surface area contributed by atoms with E-state index in [1.54, 1.807) is 4.90 Å². The fourth-order valence-electron chi connectivity index (χ4n) is 2.07. The molecule has 0 aliphatic carbocycles. The van der Waals surface area contributed by atoms with Crippen LogP contribution in [-0.2, 0) is 14.4 Å². The fraction of sp³-hybridized carbons (Fsp3) is 0.750. The molecule has 1 heterocycles. The van der Waals surface area contributed by atoms with E-state index < -0.39 is 5.97 Å². The minimum Gasteiger partial charge on any atom is -0.480 e. The van der Waals surface area contributed by atoms with Crippen LogP contribution in [0.15, 0.2) is 0 Å². The summed E-state index contributed by atoms with van der Waals surface area (Å²) in [5.74, 6) is -0.979. The number of carboxylic acid groups (broad SMARTS) is 1. The molecule has 0 saturated carbocycles. The van der Waals surface area contributed by atoms with Crippen LogP contribution >= 0.6 is 0 Å². The number of amides is 2. The third-order valence-corrected chi connectivity index (χ3v) is 3.01. The minimum atomic E-state index is -0.842. The zero-order valence-corrected chi connectivity index (χ0v) is 11.2. The monoisotopic (exact) mass is 271 g/mol. The van der Waals surface area contributed by atoms with Crippen LogP contribution in [0.1, 0.15) is 19.8 Å². The van der Waals surface area contributed by atoms with Crippen LogP contribution in [0.3, 0.4) is 0 Å². The summed E-state index contributed by atoms with van der Waals surface area (Å²) in [6.07, 6.45) is 1.07. The molecule has 0 aromatic carbocycles. The maximum absolute atomic E-state index is 11.9. The van der Waals surface area contributed by atoms with Gasteiger partial charge in [0.15, 0.2) is 0 Å². The summed E-state index contributed by atoms with van der Waals surface area (Å²) in [5, 5.41) is 11.3. The van der Waals surface area contributed by atoms with E-state index in [1.807, 2.05) is 4.90 Å². The van der Waals surface area contributed by atoms with Crippen LogP contribution in [0, 0.1) is 0 Å². The molecule has 2 N–H and O–H groups in total. The van der Waals surface area contributed by atoms with Gasteiger partial charge >= 0.3 is 5.97 Å². The van der Waals surface area contributed by atoms with Crippen LogP contribution in [0.2, 0.25) is 0 Å². The molecule has 0 atom stereocenters. The molecule has 2 amide bonds. The third kappa shape index (κ3) is 6.19. The second kappa shape index (κ2) is 7.73. The molecule has 0 bridgehead atoms. The van der Waals surface area contributed by atoms with Gasteiger partial charge in [0.1, 0.15) is 0 Å². The summed E-state index contributed by atoms with van der Waals surface area (Å²) < 4.78 is 0. The van der Waals surface area contributed by atoms with Crippen molar-refractivity contribution in [2.45, 2.75) is 19.8 Å². The molecule has 1 aliphatic heterocycles. The largest absolute Gasteiger partial charge is 0.480 e. The Hall–Kier alpha value is -1.63. The second-order valence-corrected chi connectivity index (χ2v) is 4.64. The van der Waals surface area contributed by atoms with Crippen molar-refractivity contribution in [1.29, 1.82) is 0 Å². The summed E-state index contributed by atoms with van der Waals surface area (Å²) in [7, 11) is 0. The van der Waals surface area contributed by atoms with Crippen molar-refractivity contribution in [2.24, 2.45) is 0 Å². The molecule has 108 valence electrons. The first-order valence-corrected chi connectivity index (χ1v) is 6.45. The summed E-state index contributed by atoms with van der Waals surface area (Å²) in [4.78, 5) is 36.8. The number of nitrogens with one attached hydrogen (secondary N) is 1. The molecule has 1 rings (SSSR count). The van der Waals surface area contributed by atoms with E-state index in [0.29, 0.717) is 39.1 Å². The average molecular weight is 271 g/mol. The first-order valence-electron chi connectivity index (χ1n) is 6.45. The highest BCUT2D eigenvalue weighted by Crippen LogP contribution is 2.04. The van der Waals surface area contributed by atoms with E-state index in [2.05, 4.69) is 5.32 Å². The van der Waals surface area contributed by atoms with Gasteiger partial charge in [0.25, 0.3) is 0 Å². The van der Waals surface area contributed by atoms with Gasteiger partial charge < -0.3 is 15.3 Å².